The van der Waals surface area contributed by atoms with Crippen LogP contribution in [0.5, 0.6) is 17.2 Å². The van der Waals surface area contributed by atoms with Gasteiger partial charge in [0.25, 0.3) is 0 Å². The summed E-state index contributed by atoms with van der Waals surface area (Å²) < 4.78 is 20.6. The first-order valence-corrected chi connectivity index (χ1v) is 9.25. The zero-order chi connectivity index (χ0) is 16.2. The van der Waals surface area contributed by atoms with Gasteiger partial charge in [0.05, 0.1) is 25.3 Å². The van der Waals surface area contributed by atoms with E-state index in [0.29, 0.717) is 28.6 Å². The summed E-state index contributed by atoms with van der Waals surface area (Å²) in [7, 11) is 3.16. The monoisotopic (exact) mass is 423 g/mol. The molecule has 2 heterocycles. The Hall–Kier alpha value is -2.22. The Bertz CT molecular complexity index is 855. The van der Waals surface area contributed by atoms with Gasteiger partial charge in [0, 0.05) is 17.6 Å². The van der Waals surface area contributed by atoms with Gasteiger partial charge in [0.15, 0.2) is 17.8 Å². The highest BCUT2D eigenvalue weighted by Crippen LogP contribution is 2.36. The molecule has 0 unspecified atom stereocenters. The van der Waals surface area contributed by atoms with Crippen LogP contribution < -0.4 is 14.2 Å². The van der Waals surface area contributed by atoms with Crippen LogP contribution in [0.3, 0.4) is 0 Å². The van der Waals surface area contributed by atoms with Crippen LogP contribution in [0.4, 0.5) is 0 Å². The van der Waals surface area contributed by atoms with Crippen molar-refractivity contribution < 1.29 is 19.0 Å². The average molecular weight is 423 g/mol. The molecular weight excluding hydrogens is 409 g/mol. The normalized spacial score (nSPS) is 13.7. The Morgan fingerprint density at radius 2 is 1.91 bits per heavy atom. The zero-order valence-corrected chi connectivity index (χ0v) is 14.7. The number of aromatic nitrogens is 1. The molecule has 5 nitrogen and oxygen atoms in total. The van der Waals surface area contributed by atoms with E-state index in [2.05, 4.69) is 4.98 Å². The Balaban J connectivity index is 2.11. The SMILES string of the molecule is COc1cc2nccc(OC3=C(C=O)C=IC=C3)c2cc1OC. The number of nitrogens with zero attached hydrogens (tertiary/aromatic N) is 1. The lowest BCUT2D eigenvalue weighted by atomic mass is 10.1. The fraction of sp³-hybridized carbons (Fsp3) is 0.118. The number of ether oxygens (including phenoxy) is 3. The molecule has 3 rings (SSSR count). The first-order chi connectivity index (χ1) is 11.3. The molecule has 0 radical (unpaired) electrons. The second-order valence-electron chi connectivity index (χ2n) is 4.60. The minimum Gasteiger partial charge on any atom is -0.493 e. The van der Waals surface area contributed by atoms with E-state index in [-0.39, 0.29) is 20.7 Å². The molecule has 0 fully saturated rings. The van der Waals surface area contributed by atoms with E-state index in [4.69, 9.17) is 14.2 Å². The maximum atomic E-state index is 11.2. The number of allylic oxidation sites excluding steroid dienone is 2. The molecule has 1 aromatic carbocycles. The highest BCUT2D eigenvalue weighted by Gasteiger charge is 2.13. The molecular formula is C17H14INO4. The summed E-state index contributed by atoms with van der Waals surface area (Å²) in [5.74, 6) is 2.36. The number of rotatable bonds is 5. The molecule has 118 valence electrons. The van der Waals surface area contributed by atoms with Gasteiger partial charge in [-0.2, -0.15) is 0 Å². The van der Waals surface area contributed by atoms with Crippen LogP contribution in [0.15, 0.2) is 45.9 Å². The Labute approximate surface area is 143 Å². The van der Waals surface area contributed by atoms with Crippen molar-refractivity contribution in [3.05, 3.63) is 45.9 Å². The molecule has 1 aliphatic heterocycles. The summed E-state index contributed by atoms with van der Waals surface area (Å²) in [6.45, 7) is 0. The minimum atomic E-state index is -0.209. The van der Waals surface area contributed by atoms with Gasteiger partial charge in [-0.1, -0.05) is 20.7 Å². The molecule has 23 heavy (non-hydrogen) atoms. The van der Waals surface area contributed by atoms with Crippen LogP contribution in [-0.4, -0.2) is 29.5 Å². The zero-order valence-electron chi connectivity index (χ0n) is 12.6. The molecule has 0 N–H and O–H groups in total. The standard InChI is InChI=1S/C17H14INO4/c1-21-16-7-12-13(8-17(16)22-2)19-6-4-15(12)23-14-3-5-18-9-11(14)10-20/h3-10H,1-2H3. The summed E-state index contributed by atoms with van der Waals surface area (Å²) in [6.07, 6.45) is 4.34. The van der Waals surface area contributed by atoms with Gasteiger partial charge in [0.1, 0.15) is 11.5 Å². The first kappa shape index (κ1) is 15.7. The average Bonchev–Trinajstić information content (AvgIpc) is 2.61. The van der Waals surface area contributed by atoms with Crippen molar-refractivity contribution in [2.24, 2.45) is 0 Å². The van der Waals surface area contributed by atoms with Crippen LogP contribution in [0, 0.1) is 0 Å². The molecule has 0 aliphatic carbocycles. The van der Waals surface area contributed by atoms with Crippen LogP contribution in [0.1, 0.15) is 0 Å². The molecule has 1 aliphatic rings. The summed E-state index contributed by atoms with van der Waals surface area (Å²) in [4.78, 5) is 15.5. The molecule has 0 spiro atoms. The van der Waals surface area contributed by atoms with Crippen molar-refractivity contribution in [1.82, 2.24) is 4.98 Å². The van der Waals surface area contributed by atoms with Gasteiger partial charge in [0.2, 0.25) is 0 Å². The van der Waals surface area contributed by atoms with Gasteiger partial charge in [-0.05, 0) is 26.3 Å². The smallest absolute Gasteiger partial charge is 0.162 e. The third kappa shape index (κ3) is 3.12. The molecule has 0 atom stereocenters. The maximum absolute atomic E-state index is 11.2. The third-order valence-electron chi connectivity index (χ3n) is 3.31. The van der Waals surface area contributed by atoms with Gasteiger partial charge in [-0.3, -0.25) is 9.78 Å². The number of carbonyl (C=O) groups is 1. The van der Waals surface area contributed by atoms with E-state index < -0.39 is 0 Å². The van der Waals surface area contributed by atoms with E-state index in [1.54, 1.807) is 32.5 Å². The van der Waals surface area contributed by atoms with Crippen molar-refractivity contribution in [3.63, 3.8) is 0 Å². The summed E-state index contributed by atoms with van der Waals surface area (Å²) in [5, 5.41) is 0.788. The number of aldehydes is 1. The number of benzene rings is 1. The van der Waals surface area contributed by atoms with Crippen LogP contribution in [0.2, 0.25) is 0 Å². The number of hydrogen-bond acceptors (Lipinski definition) is 5. The largest absolute Gasteiger partial charge is 0.493 e. The lowest BCUT2D eigenvalue weighted by Crippen LogP contribution is -2.02. The third-order valence-corrected chi connectivity index (χ3v) is 5.11. The maximum Gasteiger partial charge on any atom is 0.162 e. The van der Waals surface area contributed by atoms with E-state index in [9.17, 15) is 4.79 Å². The lowest BCUT2D eigenvalue weighted by Gasteiger charge is -2.14. The number of hydrogen-bond donors (Lipinski definition) is 0. The van der Waals surface area contributed by atoms with Crippen molar-refractivity contribution in [2.75, 3.05) is 14.2 Å². The molecule has 0 saturated carbocycles. The fourth-order valence-corrected chi connectivity index (χ4v) is 3.76. The van der Waals surface area contributed by atoms with Crippen LogP contribution >= 0.6 is 20.7 Å². The highest BCUT2D eigenvalue weighted by atomic mass is 127. The van der Waals surface area contributed by atoms with Crippen molar-refractivity contribution in [3.8, 4) is 17.2 Å². The minimum absolute atomic E-state index is 0.209. The van der Waals surface area contributed by atoms with Gasteiger partial charge in [-0.25, -0.2) is 0 Å². The van der Waals surface area contributed by atoms with Crippen molar-refractivity contribution in [1.29, 1.82) is 0 Å². The Kier molecular flexibility index (Phi) is 4.71. The summed E-state index contributed by atoms with van der Waals surface area (Å²) in [5.41, 5.74) is 1.32. The molecule has 2 aromatic rings. The Morgan fingerprint density at radius 1 is 1.13 bits per heavy atom. The Morgan fingerprint density at radius 3 is 2.65 bits per heavy atom. The predicted octanol–water partition coefficient (Wildman–Crippen LogP) is 3.38. The quantitative estimate of drug-likeness (QED) is 0.545. The highest BCUT2D eigenvalue weighted by molar-refractivity contribution is 14.2. The number of carbonyl (C=O) groups excluding carboxylic acids is 1. The fourth-order valence-electron chi connectivity index (χ4n) is 2.18. The number of halogens is 1. The van der Waals surface area contributed by atoms with E-state index in [1.165, 1.54) is 0 Å². The predicted molar refractivity (Wildman–Crippen MR) is 97.8 cm³/mol. The topological polar surface area (TPSA) is 57.7 Å². The van der Waals surface area contributed by atoms with E-state index in [1.807, 2.05) is 20.2 Å². The van der Waals surface area contributed by atoms with E-state index >= 15 is 0 Å². The molecule has 0 amide bonds. The first-order valence-electron chi connectivity index (χ1n) is 6.76. The summed E-state index contributed by atoms with van der Waals surface area (Å²) >= 11 is -0.209. The second-order valence-corrected chi connectivity index (χ2v) is 6.66. The number of pyridine rings is 1. The van der Waals surface area contributed by atoms with Gasteiger partial charge < -0.3 is 14.2 Å². The molecule has 6 heteroatoms. The van der Waals surface area contributed by atoms with Crippen LogP contribution in [0.25, 0.3) is 10.9 Å². The van der Waals surface area contributed by atoms with E-state index in [0.717, 1.165) is 17.2 Å². The van der Waals surface area contributed by atoms with Crippen molar-refractivity contribution >= 4 is 41.9 Å². The van der Waals surface area contributed by atoms with Crippen LogP contribution in [-0.2, 0) is 4.79 Å². The van der Waals surface area contributed by atoms with Gasteiger partial charge >= 0.3 is 0 Å². The number of fused-ring (bicyclic) bond motifs is 1. The van der Waals surface area contributed by atoms with Gasteiger partial charge in [-0.15, -0.1) is 0 Å². The molecule has 0 bridgehead atoms. The molecule has 1 aromatic heterocycles. The van der Waals surface area contributed by atoms with Crippen molar-refractivity contribution in [2.45, 2.75) is 0 Å². The lowest BCUT2D eigenvalue weighted by molar-refractivity contribution is -0.104. The second kappa shape index (κ2) is 6.91. The summed E-state index contributed by atoms with van der Waals surface area (Å²) in [6, 6.07) is 5.38. The number of methoxy groups -OCH3 is 2. The molecule has 0 saturated heterocycles.